The summed E-state index contributed by atoms with van der Waals surface area (Å²) >= 11 is 3.28. The molecule has 1 aromatic heterocycles. The van der Waals surface area contributed by atoms with Crippen molar-refractivity contribution >= 4 is 33.3 Å². The van der Waals surface area contributed by atoms with Gasteiger partial charge in [0.25, 0.3) is 0 Å². The molecule has 20 heavy (non-hydrogen) atoms. The molecular formula is C14H14BrN3O2. The molecule has 5 nitrogen and oxygen atoms in total. The van der Waals surface area contributed by atoms with Gasteiger partial charge in [-0.3, -0.25) is 4.79 Å². The molecular weight excluding hydrogens is 322 g/mol. The Morgan fingerprint density at radius 3 is 2.65 bits per heavy atom. The van der Waals surface area contributed by atoms with Gasteiger partial charge in [-0.25, -0.2) is 4.98 Å². The van der Waals surface area contributed by atoms with E-state index in [1.54, 1.807) is 36.5 Å². The second-order valence-corrected chi connectivity index (χ2v) is 4.99. The molecule has 0 bridgehead atoms. The number of ether oxygens (including phenoxy) is 1. The van der Waals surface area contributed by atoms with E-state index in [2.05, 4.69) is 26.2 Å². The van der Waals surface area contributed by atoms with Crippen LogP contribution < -0.4 is 15.8 Å². The first-order valence-corrected chi connectivity index (χ1v) is 6.82. The summed E-state index contributed by atoms with van der Waals surface area (Å²) < 4.78 is 6.31. The zero-order chi connectivity index (χ0) is 14.4. The van der Waals surface area contributed by atoms with Crippen molar-refractivity contribution in [2.24, 2.45) is 0 Å². The Kier molecular flexibility index (Phi) is 4.95. The number of amides is 1. The molecule has 2 aromatic rings. The van der Waals surface area contributed by atoms with Gasteiger partial charge >= 0.3 is 0 Å². The summed E-state index contributed by atoms with van der Waals surface area (Å²) in [6.45, 7) is 0.298. The maximum Gasteiger partial charge on any atom is 0.228 e. The summed E-state index contributed by atoms with van der Waals surface area (Å²) in [5.41, 5.74) is 6.25. The second-order valence-electron chi connectivity index (χ2n) is 4.08. The summed E-state index contributed by atoms with van der Waals surface area (Å²) in [5.74, 6) is 1.06. The number of aromatic nitrogens is 1. The number of rotatable bonds is 5. The fraction of sp³-hybridized carbons (Fsp3) is 0.143. The zero-order valence-corrected chi connectivity index (χ0v) is 12.3. The van der Waals surface area contributed by atoms with Gasteiger partial charge in [0, 0.05) is 16.4 Å². The largest absolute Gasteiger partial charge is 0.493 e. The van der Waals surface area contributed by atoms with E-state index in [0.29, 0.717) is 23.9 Å². The number of nitrogens with zero attached hydrogens (tertiary/aromatic N) is 1. The highest BCUT2D eigenvalue weighted by molar-refractivity contribution is 9.10. The number of carbonyl (C=O) groups excluding carboxylic acids is 1. The number of hydrogen-bond acceptors (Lipinski definition) is 4. The Labute approximate surface area is 125 Å². The Balaban J connectivity index is 1.75. The van der Waals surface area contributed by atoms with Gasteiger partial charge in [-0.1, -0.05) is 0 Å². The van der Waals surface area contributed by atoms with E-state index in [1.165, 1.54) is 0 Å². The highest BCUT2D eigenvalue weighted by atomic mass is 79.9. The van der Waals surface area contributed by atoms with Gasteiger partial charge in [-0.05, 0) is 52.3 Å². The molecule has 1 amide bonds. The van der Waals surface area contributed by atoms with Crippen molar-refractivity contribution < 1.29 is 9.53 Å². The first-order valence-electron chi connectivity index (χ1n) is 6.03. The van der Waals surface area contributed by atoms with Gasteiger partial charge in [0.1, 0.15) is 11.6 Å². The zero-order valence-electron chi connectivity index (χ0n) is 10.7. The van der Waals surface area contributed by atoms with Crippen LogP contribution >= 0.6 is 15.9 Å². The Hall–Kier alpha value is -2.08. The van der Waals surface area contributed by atoms with Crippen LogP contribution in [0.15, 0.2) is 47.1 Å². The van der Waals surface area contributed by atoms with Gasteiger partial charge in [0.2, 0.25) is 5.91 Å². The Morgan fingerprint density at radius 2 is 2.00 bits per heavy atom. The summed E-state index contributed by atoms with van der Waals surface area (Å²) in [7, 11) is 0. The molecule has 0 aliphatic carbocycles. The fourth-order valence-electron chi connectivity index (χ4n) is 1.48. The lowest BCUT2D eigenvalue weighted by atomic mass is 10.3. The molecule has 0 aliphatic heterocycles. The lowest BCUT2D eigenvalue weighted by Crippen LogP contribution is -2.15. The number of halogens is 1. The fourth-order valence-corrected chi connectivity index (χ4v) is 1.72. The van der Waals surface area contributed by atoms with Gasteiger partial charge < -0.3 is 15.8 Å². The van der Waals surface area contributed by atoms with E-state index < -0.39 is 0 Å². The summed E-state index contributed by atoms with van der Waals surface area (Å²) in [4.78, 5) is 15.7. The number of carbonyl (C=O) groups is 1. The minimum absolute atomic E-state index is 0.143. The van der Waals surface area contributed by atoms with Crippen LogP contribution in [-0.4, -0.2) is 17.5 Å². The van der Waals surface area contributed by atoms with Crippen LogP contribution in [0.25, 0.3) is 0 Å². The standard InChI is InChI=1S/C14H14BrN3O2/c15-10-1-6-13(17-9-10)18-14(19)7-8-20-12-4-2-11(16)3-5-12/h1-6,9H,7-8,16H2,(H,17,18,19). The number of nitrogens with two attached hydrogens (primary N) is 1. The molecule has 0 fully saturated rings. The predicted octanol–water partition coefficient (Wildman–Crippen LogP) is 2.83. The van der Waals surface area contributed by atoms with E-state index in [1.807, 2.05) is 6.07 Å². The molecule has 3 N–H and O–H groups in total. The topological polar surface area (TPSA) is 77.2 Å². The molecule has 0 radical (unpaired) electrons. The van der Waals surface area contributed by atoms with Crippen molar-refractivity contribution in [3.8, 4) is 5.75 Å². The van der Waals surface area contributed by atoms with Crippen molar-refractivity contribution in [2.45, 2.75) is 6.42 Å². The van der Waals surface area contributed by atoms with Crippen LogP contribution in [0.1, 0.15) is 6.42 Å². The third-order valence-corrected chi connectivity index (χ3v) is 2.94. The lowest BCUT2D eigenvalue weighted by molar-refractivity contribution is -0.116. The number of pyridine rings is 1. The average Bonchev–Trinajstić information content (AvgIpc) is 2.44. The van der Waals surface area contributed by atoms with E-state index in [4.69, 9.17) is 10.5 Å². The first-order chi connectivity index (χ1) is 9.63. The second kappa shape index (κ2) is 6.91. The minimum Gasteiger partial charge on any atom is -0.493 e. The van der Waals surface area contributed by atoms with Crippen molar-refractivity contribution in [1.29, 1.82) is 0 Å². The highest BCUT2D eigenvalue weighted by Gasteiger charge is 2.04. The smallest absolute Gasteiger partial charge is 0.228 e. The molecule has 1 aromatic carbocycles. The quantitative estimate of drug-likeness (QED) is 0.823. The van der Waals surface area contributed by atoms with Crippen LogP contribution in [0.5, 0.6) is 5.75 Å². The number of nitrogens with one attached hydrogen (secondary N) is 1. The van der Waals surface area contributed by atoms with Crippen LogP contribution in [0.4, 0.5) is 11.5 Å². The Morgan fingerprint density at radius 1 is 1.25 bits per heavy atom. The average molecular weight is 336 g/mol. The number of benzene rings is 1. The molecule has 0 atom stereocenters. The van der Waals surface area contributed by atoms with Crippen molar-refractivity contribution in [3.05, 3.63) is 47.1 Å². The SMILES string of the molecule is Nc1ccc(OCCC(=O)Nc2ccc(Br)cn2)cc1. The minimum atomic E-state index is -0.143. The molecule has 0 unspecified atom stereocenters. The van der Waals surface area contributed by atoms with E-state index in [9.17, 15) is 4.79 Å². The van der Waals surface area contributed by atoms with Gasteiger partial charge in [0.15, 0.2) is 0 Å². The van der Waals surface area contributed by atoms with E-state index in [-0.39, 0.29) is 12.3 Å². The van der Waals surface area contributed by atoms with E-state index in [0.717, 1.165) is 4.47 Å². The normalized spacial score (nSPS) is 10.1. The molecule has 0 spiro atoms. The lowest BCUT2D eigenvalue weighted by Gasteiger charge is -2.07. The third kappa shape index (κ3) is 4.55. The molecule has 0 saturated heterocycles. The number of nitrogen functional groups attached to an aromatic ring is 1. The molecule has 2 rings (SSSR count). The van der Waals surface area contributed by atoms with Crippen LogP contribution in [0.3, 0.4) is 0 Å². The van der Waals surface area contributed by atoms with Crippen molar-refractivity contribution in [1.82, 2.24) is 4.98 Å². The van der Waals surface area contributed by atoms with Crippen LogP contribution in [0, 0.1) is 0 Å². The monoisotopic (exact) mass is 335 g/mol. The molecule has 0 aliphatic rings. The predicted molar refractivity (Wildman–Crippen MR) is 81.5 cm³/mol. The maximum atomic E-state index is 11.7. The van der Waals surface area contributed by atoms with Gasteiger partial charge in [-0.2, -0.15) is 0 Å². The molecule has 6 heteroatoms. The summed E-state index contributed by atoms with van der Waals surface area (Å²) in [5, 5.41) is 2.69. The molecule has 104 valence electrons. The number of hydrogen-bond donors (Lipinski definition) is 2. The third-order valence-electron chi connectivity index (χ3n) is 2.47. The molecule has 1 heterocycles. The van der Waals surface area contributed by atoms with Crippen LogP contribution in [-0.2, 0) is 4.79 Å². The summed E-state index contributed by atoms with van der Waals surface area (Å²) in [6, 6.07) is 10.6. The molecule has 0 saturated carbocycles. The highest BCUT2D eigenvalue weighted by Crippen LogP contribution is 2.13. The van der Waals surface area contributed by atoms with Crippen molar-refractivity contribution in [2.75, 3.05) is 17.7 Å². The summed E-state index contributed by atoms with van der Waals surface area (Å²) in [6.07, 6.45) is 1.88. The Bertz CT molecular complexity index is 570. The van der Waals surface area contributed by atoms with Gasteiger partial charge in [-0.15, -0.1) is 0 Å². The number of anilines is 2. The first kappa shape index (κ1) is 14.3. The van der Waals surface area contributed by atoms with Crippen molar-refractivity contribution in [3.63, 3.8) is 0 Å². The van der Waals surface area contributed by atoms with Gasteiger partial charge in [0.05, 0.1) is 13.0 Å². The van der Waals surface area contributed by atoms with E-state index >= 15 is 0 Å². The van der Waals surface area contributed by atoms with Crippen LogP contribution in [0.2, 0.25) is 0 Å². The maximum absolute atomic E-state index is 11.7.